The summed E-state index contributed by atoms with van der Waals surface area (Å²) in [5, 5.41) is 11.6. The lowest BCUT2D eigenvalue weighted by Gasteiger charge is -2.05. The molecule has 0 bridgehead atoms. The quantitative estimate of drug-likeness (QED) is 0.611. The van der Waals surface area contributed by atoms with Crippen LogP contribution in [-0.4, -0.2) is 17.2 Å². The molecule has 1 heterocycles. The molecule has 1 aliphatic heterocycles. The van der Waals surface area contributed by atoms with Crippen LogP contribution < -0.4 is 5.32 Å². The van der Waals surface area contributed by atoms with Gasteiger partial charge >= 0.3 is 0 Å². The molecule has 0 saturated carbocycles. The number of benzene rings is 1. The minimum absolute atomic E-state index is 0.242. The molecule has 0 fully saturated rings. The number of rotatable bonds is 0. The summed E-state index contributed by atoms with van der Waals surface area (Å²) in [6, 6.07) is 7.22. The molecule has 1 aromatic rings. The predicted molar refractivity (Wildman–Crippen MR) is 48.9 cm³/mol. The van der Waals surface area contributed by atoms with Gasteiger partial charge in [-0.1, -0.05) is 24.3 Å². The standard InChI is InChI=1S/C10H9NO2/c12-9-6-5-7-3-1-2-4-8(7)10(13)11-9/h1-6,9,12H,(H,11,13). The molecule has 3 heteroatoms. The molecule has 1 aliphatic rings. The van der Waals surface area contributed by atoms with E-state index in [1.54, 1.807) is 24.3 Å². The van der Waals surface area contributed by atoms with Crippen LogP contribution in [0.5, 0.6) is 0 Å². The van der Waals surface area contributed by atoms with Crippen LogP contribution in [0.15, 0.2) is 30.3 Å². The second-order valence-electron chi connectivity index (χ2n) is 2.86. The first-order valence-corrected chi connectivity index (χ1v) is 4.03. The Hall–Kier alpha value is -1.61. The molecule has 13 heavy (non-hydrogen) atoms. The molecule has 66 valence electrons. The minimum Gasteiger partial charge on any atom is -0.370 e. The molecular formula is C10H9NO2. The normalized spacial score (nSPS) is 20.4. The van der Waals surface area contributed by atoms with Crippen molar-refractivity contribution >= 4 is 12.0 Å². The van der Waals surface area contributed by atoms with Crippen molar-refractivity contribution in [3.8, 4) is 0 Å². The topological polar surface area (TPSA) is 49.3 Å². The fourth-order valence-electron chi connectivity index (χ4n) is 1.30. The number of amides is 1. The Balaban J connectivity index is 2.51. The summed E-state index contributed by atoms with van der Waals surface area (Å²) in [6.45, 7) is 0. The fraction of sp³-hybridized carbons (Fsp3) is 0.100. The summed E-state index contributed by atoms with van der Waals surface area (Å²) in [5.41, 5.74) is 1.42. The largest absolute Gasteiger partial charge is 0.370 e. The first kappa shape index (κ1) is 8.01. The number of hydrogen-bond acceptors (Lipinski definition) is 2. The number of fused-ring (bicyclic) bond motifs is 1. The van der Waals surface area contributed by atoms with E-state index in [2.05, 4.69) is 5.32 Å². The van der Waals surface area contributed by atoms with E-state index in [1.807, 2.05) is 12.1 Å². The van der Waals surface area contributed by atoms with E-state index in [4.69, 9.17) is 0 Å². The molecule has 0 saturated heterocycles. The Morgan fingerprint density at radius 2 is 2.08 bits per heavy atom. The summed E-state index contributed by atoms with van der Waals surface area (Å²) < 4.78 is 0. The maximum atomic E-state index is 11.4. The summed E-state index contributed by atoms with van der Waals surface area (Å²) in [4.78, 5) is 11.4. The zero-order chi connectivity index (χ0) is 9.26. The van der Waals surface area contributed by atoms with Gasteiger partial charge in [-0.3, -0.25) is 4.79 Å². The summed E-state index contributed by atoms with van der Waals surface area (Å²) in [7, 11) is 0. The predicted octanol–water partition coefficient (Wildman–Crippen LogP) is 0.762. The molecule has 0 radical (unpaired) electrons. The van der Waals surface area contributed by atoms with Gasteiger partial charge < -0.3 is 10.4 Å². The van der Waals surface area contributed by atoms with Crippen molar-refractivity contribution in [2.75, 3.05) is 0 Å². The number of carbonyl (C=O) groups is 1. The van der Waals surface area contributed by atoms with E-state index in [0.29, 0.717) is 5.56 Å². The van der Waals surface area contributed by atoms with Crippen LogP contribution in [0.3, 0.4) is 0 Å². The highest BCUT2D eigenvalue weighted by Crippen LogP contribution is 2.13. The van der Waals surface area contributed by atoms with Gasteiger partial charge in [0.15, 0.2) is 0 Å². The second-order valence-corrected chi connectivity index (χ2v) is 2.86. The van der Waals surface area contributed by atoms with Gasteiger partial charge in [0.1, 0.15) is 6.23 Å². The van der Waals surface area contributed by atoms with Crippen LogP contribution in [0.1, 0.15) is 15.9 Å². The highest BCUT2D eigenvalue weighted by atomic mass is 16.3. The molecule has 1 amide bonds. The third kappa shape index (κ3) is 1.46. The molecular weight excluding hydrogens is 166 g/mol. The van der Waals surface area contributed by atoms with Crippen molar-refractivity contribution < 1.29 is 9.90 Å². The maximum absolute atomic E-state index is 11.4. The van der Waals surface area contributed by atoms with E-state index in [0.717, 1.165) is 5.56 Å². The Labute approximate surface area is 75.7 Å². The van der Waals surface area contributed by atoms with Gasteiger partial charge in [0.05, 0.1) is 0 Å². The molecule has 0 aromatic heterocycles. The number of nitrogens with one attached hydrogen (secondary N) is 1. The van der Waals surface area contributed by atoms with Gasteiger partial charge in [0, 0.05) is 5.56 Å². The van der Waals surface area contributed by atoms with E-state index < -0.39 is 6.23 Å². The van der Waals surface area contributed by atoms with Crippen LogP contribution in [0, 0.1) is 0 Å². The fourth-order valence-corrected chi connectivity index (χ4v) is 1.30. The van der Waals surface area contributed by atoms with E-state index in [1.165, 1.54) is 0 Å². The van der Waals surface area contributed by atoms with Crippen molar-refractivity contribution in [1.82, 2.24) is 5.32 Å². The zero-order valence-electron chi connectivity index (χ0n) is 6.90. The lowest BCUT2D eigenvalue weighted by molar-refractivity contribution is 0.0858. The molecule has 1 unspecified atom stereocenters. The molecule has 2 rings (SSSR count). The van der Waals surface area contributed by atoms with Crippen molar-refractivity contribution in [1.29, 1.82) is 0 Å². The first-order chi connectivity index (χ1) is 6.27. The molecule has 0 aliphatic carbocycles. The van der Waals surface area contributed by atoms with E-state index in [-0.39, 0.29) is 5.91 Å². The first-order valence-electron chi connectivity index (χ1n) is 4.03. The molecule has 3 nitrogen and oxygen atoms in total. The third-order valence-electron chi connectivity index (χ3n) is 1.94. The van der Waals surface area contributed by atoms with E-state index in [9.17, 15) is 9.90 Å². The van der Waals surface area contributed by atoms with Crippen molar-refractivity contribution in [2.45, 2.75) is 6.23 Å². The van der Waals surface area contributed by atoms with Gasteiger partial charge in [0.25, 0.3) is 5.91 Å². The number of hydrogen-bond donors (Lipinski definition) is 2. The summed E-state index contributed by atoms with van der Waals surface area (Å²) >= 11 is 0. The Morgan fingerprint density at radius 1 is 1.31 bits per heavy atom. The van der Waals surface area contributed by atoms with Crippen molar-refractivity contribution in [2.24, 2.45) is 0 Å². The van der Waals surface area contributed by atoms with Gasteiger partial charge in [-0.05, 0) is 17.7 Å². The van der Waals surface area contributed by atoms with E-state index >= 15 is 0 Å². The van der Waals surface area contributed by atoms with Gasteiger partial charge in [-0.2, -0.15) is 0 Å². The highest BCUT2D eigenvalue weighted by molar-refractivity contribution is 5.98. The number of carbonyl (C=O) groups excluding carboxylic acids is 1. The lowest BCUT2D eigenvalue weighted by Crippen LogP contribution is -2.31. The molecule has 2 N–H and O–H groups in total. The van der Waals surface area contributed by atoms with Gasteiger partial charge in [-0.25, -0.2) is 0 Å². The molecule has 1 atom stereocenters. The second kappa shape index (κ2) is 3.03. The average Bonchev–Trinajstić information content (AvgIpc) is 2.27. The van der Waals surface area contributed by atoms with Crippen LogP contribution in [0.2, 0.25) is 0 Å². The average molecular weight is 175 g/mol. The van der Waals surface area contributed by atoms with Crippen LogP contribution in [0.4, 0.5) is 0 Å². The minimum atomic E-state index is -0.889. The Morgan fingerprint density at radius 3 is 2.92 bits per heavy atom. The van der Waals surface area contributed by atoms with Crippen LogP contribution in [-0.2, 0) is 0 Å². The van der Waals surface area contributed by atoms with Gasteiger partial charge in [-0.15, -0.1) is 0 Å². The maximum Gasteiger partial charge on any atom is 0.254 e. The SMILES string of the molecule is O=C1NC(O)C=Cc2ccccc21. The monoisotopic (exact) mass is 175 g/mol. The highest BCUT2D eigenvalue weighted by Gasteiger charge is 2.14. The van der Waals surface area contributed by atoms with Crippen molar-refractivity contribution in [3.63, 3.8) is 0 Å². The lowest BCUT2D eigenvalue weighted by atomic mass is 10.1. The Kier molecular flexibility index (Phi) is 1.87. The third-order valence-corrected chi connectivity index (χ3v) is 1.94. The summed E-state index contributed by atoms with van der Waals surface area (Å²) in [6.07, 6.45) is 2.39. The number of aliphatic hydroxyl groups is 1. The van der Waals surface area contributed by atoms with Crippen LogP contribution in [0.25, 0.3) is 6.08 Å². The van der Waals surface area contributed by atoms with Crippen LogP contribution >= 0.6 is 0 Å². The zero-order valence-corrected chi connectivity index (χ0v) is 6.90. The molecule has 0 spiro atoms. The molecule has 1 aromatic carbocycles. The van der Waals surface area contributed by atoms with Gasteiger partial charge in [0.2, 0.25) is 0 Å². The Bertz CT molecular complexity index is 371. The smallest absolute Gasteiger partial charge is 0.254 e. The number of aliphatic hydroxyl groups excluding tert-OH is 1. The van der Waals surface area contributed by atoms with Crippen molar-refractivity contribution in [3.05, 3.63) is 41.5 Å². The summed E-state index contributed by atoms with van der Waals surface area (Å²) in [5.74, 6) is -0.242.